The lowest BCUT2D eigenvalue weighted by molar-refractivity contribution is 0.112. The average Bonchev–Trinajstić information content (AvgIpc) is 3.18. The zero-order chi connectivity index (χ0) is 25.2. The number of carbonyl (C=O) groups excluding carboxylic acids is 1. The minimum absolute atomic E-state index is 0.329. The summed E-state index contributed by atoms with van der Waals surface area (Å²) in [7, 11) is 3.07. The van der Waals surface area contributed by atoms with Crippen LogP contribution in [0.3, 0.4) is 0 Å². The minimum atomic E-state index is -0.453. The molecule has 3 heterocycles. The van der Waals surface area contributed by atoms with Crippen molar-refractivity contribution in [3.8, 4) is 0 Å². The number of halogens is 1. The van der Waals surface area contributed by atoms with Gasteiger partial charge in [-0.3, -0.25) is 18.7 Å². The zero-order valence-corrected chi connectivity index (χ0v) is 21.7. The molecule has 1 aliphatic heterocycles. The van der Waals surface area contributed by atoms with Gasteiger partial charge in [0.25, 0.3) is 5.56 Å². The van der Waals surface area contributed by atoms with Crippen LogP contribution in [0, 0.1) is 11.8 Å². The molecule has 0 amide bonds. The van der Waals surface area contributed by atoms with E-state index in [9.17, 15) is 14.4 Å². The molecule has 3 aromatic rings. The molecule has 34 heavy (non-hydrogen) atoms. The Kier molecular flexibility index (Phi) is 8.08. The van der Waals surface area contributed by atoms with Crippen LogP contribution in [0.5, 0.6) is 0 Å². The third-order valence-electron chi connectivity index (χ3n) is 6.77. The van der Waals surface area contributed by atoms with Crippen LogP contribution < -0.4 is 16.1 Å². The highest BCUT2D eigenvalue weighted by molar-refractivity contribution is 6.31. The summed E-state index contributed by atoms with van der Waals surface area (Å²) >= 11 is 6.46. The van der Waals surface area contributed by atoms with Crippen LogP contribution >= 0.6 is 11.6 Å². The summed E-state index contributed by atoms with van der Waals surface area (Å²) in [6.07, 6.45) is 2.92. The van der Waals surface area contributed by atoms with Gasteiger partial charge in [-0.1, -0.05) is 57.5 Å². The van der Waals surface area contributed by atoms with Gasteiger partial charge in [0.05, 0.1) is 17.6 Å². The van der Waals surface area contributed by atoms with Crippen molar-refractivity contribution < 1.29 is 4.79 Å². The Morgan fingerprint density at radius 1 is 1.09 bits per heavy atom. The summed E-state index contributed by atoms with van der Waals surface area (Å²) in [6, 6.07) is 7.49. The minimum Gasteiger partial charge on any atom is -0.357 e. The molecule has 7 nitrogen and oxygen atoms in total. The van der Waals surface area contributed by atoms with Gasteiger partial charge in [-0.15, -0.1) is 0 Å². The van der Waals surface area contributed by atoms with Crippen LogP contribution in [-0.4, -0.2) is 33.1 Å². The Labute approximate surface area is 205 Å². The number of aromatic nitrogens is 3. The zero-order valence-electron chi connectivity index (χ0n) is 21.0. The quantitative estimate of drug-likeness (QED) is 0.499. The number of rotatable bonds is 5. The second-order valence-corrected chi connectivity index (χ2v) is 9.44. The van der Waals surface area contributed by atoms with E-state index in [4.69, 9.17) is 11.6 Å². The third kappa shape index (κ3) is 4.45. The van der Waals surface area contributed by atoms with E-state index in [-0.39, 0.29) is 0 Å². The van der Waals surface area contributed by atoms with E-state index in [0.29, 0.717) is 45.8 Å². The van der Waals surface area contributed by atoms with Crippen LogP contribution in [0.25, 0.3) is 11.0 Å². The van der Waals surface area contributed by atoms with E-state index in [0.717, 1.165) is 42.3 Å². The highest BCUT2D eigenvalue weighted by Crippen LogP contribution is 2.35. The van der Waals surface area contributed by atoms with E-state index in [1.807, 2.05) is 42.7 Å². The van der Waals surface area contributed by atoms with Gasteiger partial charge < -0.3 is 9.47 Å². The number of fused-ring (bicyclic) bond motifs is 1. The molecule has 1 fully saturated rings. The topological polar surface area (TPSA) is 69.2 Å². The molecule has 1 atom stereocenters. The van der Waals surface area contributed by atoms with Gasteiger partial charge in [0, 0.05) is 32.2 Å². The molecule has 2 aromatic heterocycles. The standard InChI is InChI=1S/C24H29ClN4O3.C2H6/c1-15(2)16-9-7-11-28(12-16)22-18(14-30)20-21(23(31)27(4)24(32)26(20)3)29(22)13-17-8-5-6-10-19(17)25;1-2/h5-6,8,10,14-16H,7,9,11-13H2,1-4H3;1-2H3. The van der Waals surface area contributed by atoms with Gasteiger partial charge in [0.1, 0.15) is 11.3 Å². The lowest BCUT2D eigenvalue weighted by Crippen LogP contribution is -2.39. The number of carbonyl (C=O) groups is 1. The second kappa shape index (κ2) is 10.6. The molecule has 0 aliphatic carbocycles. The molecule has 1 aromatic carbocycles. The summed E-state index contributed by atoms with van der Waals surface area (Å²) < 4.78 is 4.37. The molecular formula is C26H35ClN4O3. The first-order valence-electron chi connectivity index (χ1n) is 12.0. The Hall–Kier alpha value is -2.80. The van der Waals surface area contributed by atoms with E-state index < -0.39 is 11.2 Å². The van der Waals surface area contributed by atoms with Crippen LogP contribution in [0.4, 0.5) is 5.82 Å². The molecule has 0 saturated carbocycles. The monoisotopic (exact) mass is 486 g/mol. The largest absolute Gasteiger partial charge is 0.357 e. The number of piperidine rings is 1. The van der Waals surface area contributed by atoms with E-state index in [2.05, 4.69) is 18.7 Å². The fourth-order valence-electron chi connectivity index (χ4n) is 4.88. The van der Waals surface area contributed by atoms with Gasteiger partial charge in [-0.2, -0.15) is 0 Å². The fraction of sp³-hybridized carbons (Fsp3) is 0.500. The summed E-state index contributed by atoms with van der Waals surface area (Å²) in [5.74, 6) is 1.69. The Morgan fingerprint density at radius 3 is 2.38 bits per heavy atom. The molecule has 4 rings (SSSR count). The maximum atomic E-state index is 13.3. The highest BCUT2D eigenvalue weighted by atomic mass is 35.5. The van der Waals surface area contributed by atoms with E-state index in [1.165, 1.54) is 11.6 Å². The molecule has 1 aliphatic rings. The van der Waals surface area contributed by atoms with Crippen molar-refractivity contribution in [1.82, 2.24) is 13.7 Å². The molecule has 1 unspecified atom stereocenters. The van der Waals surface area contributed by atoms with Gasteiger partial charge in [-0.25, -0.2) is 4.79 Å². The Bertz CT molecular complexity index is 1300. The number of anilines is 1. The average molecular weight is 487 g/mol. The van der Waals surface area contributed by atoms with Crippen molar-refractivity contribution >= 4 is 34.7 Å². The van der Waals surface area contributed by atoms with Crippen molar-refractivity contribution in [2.45, 2.75) is 47.1 Å². The number of benzene rings is 1. The van der Waals surface area contributed by atoms with Crippen LogP contribution in [0.15, 0.2) is 33.9 Å². The predicted molar refractivity (Wildman–Crippen MR) is 139 cm³/mol. The molecule has 8 heteroatoms. The van der Waals surface area contributed by atoms with Crippen LogP contribution in [0.2, 0.25) is 5.02 Å². The molecule has 0 radical (unpaired) electrons. The van der Waals surface area contributed by atoms with Crippen molar-refractivity contribution in [2.75, 3.05) is 18.0 Å². The molecule has 184 valence electrons. The smallest absolute Gasteiger partial charge is 0.331 e. The summed E-state index contributed by atoms with van der Waals surface area (Å²) in [6.45, 7) is 10.3. The SMILES string of the molecule is CC.CC(C)C1CCCN(c2c(C=O)c3c(c(=O)n(C)c(=O)n3C)n2Cc2ccccc2Cl)C1. The fourth-order valence-corrected chi connectivity index (χ4v) is 5.08. The van der Waals surface area contributed by atoms with Gasteiger partial charge in [-0.05, 0) is 36.3 Å². The number of hydrogen-bond donors (Lipinski definition) is 0. The van der Waals surface area contributed by atoms with Crippen LogP contribution in [0.1, 0.15) is 56.5 Å². The number of hydrogen-bond acceptors (Lipinski definition) is 4. The molecule has 0 bridgehead atoms. The molecular weight excluding hydrogens is 452 g/mol. The molecule has 0 spiro atoms. The van der Waals surface area contributed by atoms with Crippen molar-refractivity contribution in [1.29, 1.82) is 0 Å². The first kappa shape index (κ1) is 25.8. The second-order valence-electron chi connectivity index (χ2n) is 9.03. The first-order valence-corrected chi connectivity index (χ1v) is 12.4. The lowest BCUT2D eigenvalue weighted by Gasteiger charge is -2.37. The number of nitrogens with zero attached hydrogens (tertiary/aromatic N) is 4. The summed E-state index contributed by atoms with van der Waals surface area (Å²) in [5.41, 5.74) is 1.08. The van der Waals surface area contributed by atoms with Crippen molar-refractivity contribution in [3.05, 3.63) is 61.3 Å². The molecule has 1 saturated heterocycles. The van der Waals surface area contributed by atoms with Gasteiger partial charge >= 0.3 is 5.69 Å². The maximum absolute atomic E-state index is 13.3. The number of aldehydes is 1. The van der Waals surface area contributed by atoms with E-state index >= 15 is 0 Å². The Balaban J connectivity index is 0.00000158. The maximum Gasteiger partial charge on any atom is 0.331 e. The van der Waals surface area contributed by atoms with Crippen LogP contribution in [-0.2, 0) is 20.6 Å². The summed E-state index contributed by atoms with van der Waals surface area (Å²) in [4.78, 5) is 40.6. The van der Waals surface area contributed by atoms with Gasteiger partial charge in [0.15, 0.2) is 6.29 Å². The van der Waals surface area contributed by atoms with Gasteiger partial charge in [0.2, 0.25) is 0 Å². The molecule has 0 N–H and O–H groups in total. The first-order chi connectivity index (χ1) is 16.3. The third-order valence-corrected chi connectivity index (χ3v) is 7.14. The van der Waals surface area contributed by atoms with E-state index in [1.54, 1.807) is 7.05 Å². The highest BCUT2D eigenvalue weighted by Gasteiger charge is 2.31. The Morgan fingerprint density at radius 2 is 1.76 bits per heavy atom. The lowest BCUT2D eigenvalue weighted by atomic mass is 9.88. The number of aryl methyl sites for hydroxylation is 1. The normalized spacial score (nSPS) is 16.0. The summed E-state index contributed by atoms with van der Waals surface area (Å²) in [5, 5.41) is 0.591. The van der Waals surface area contributed by atoms with Crippen molar-refractivity contribution in [2.24, 2.45) is 25.9 Å². The van der Waals surface area contributed by atoms with Crippen molar-refractivity contribution in [3.63, 3.8) is 0 Å². The predicted octanol–water partition coefficient (Wildman–Crippen LogP) is 4.45.